The normalized spacial score (nSPS) is 10.9. The molecular formula is C15H22N2O5S. The van der Waals surface area contributed by atoms with Crippen molar-refractivity contribution in [1.29, 1.82) is 0 Å². The first-order valence-electron chi connectivity index (χ1n) is 7.44. The maximum absolute atomic E-state index is 12.1. The Labute approximate surface area is 136 Å². The van der Waals surface area contributed by atoms with E-state index < -0.39 is 22.0 Å². The van der Waals surface area contributed by atoms with Crippen LogP contribution in [0.5, 0.6) is 0 Å². The molecule has 0 aromatic heterocycles. The van der Waals surface area contributed by atoms with E-state index in [4.69, 9.17) is 0 Å². The summed E-state index contributed by atoms with van der Waals surface area (Å²) in [5.41, 5.74) is 1.04. The Kier molecular flexibility index (Phi) is 7.53. The Morgan fingerprint density at radius 3 is 2.35 bits per heavy atom. The van der Waals surface area contributed by atoms with Gasteiger partial charge < -0.3 is 10.1 Å². The first-order valence-corrected chi connectivity index (χ1v) is 8.92. The second-order valence-corrected chi connectivity index (χ2v) is 6.50. The second-order valence-electron chi connectivity index (χ2n) is 4.82. The predicted molar refractivity (Wildman–Crippen MR) is 85.4 cm³/mol. The van der Waals surface area contributed by atoms with Crippen molar-refractivity contribution in [2.24, 2.45) is 0 Å². The summed E-state index contributed by atoms with van der Waals surface area (Å²) in [5.74, 6) is -0.695. The van der Waals surface area contributed by atoms with E-state index in [1.807, 2.05) is 11.6 Å². The molecule has 7 nitrogen and oxygen atoms in total. The number of aryl methyl sites for hydroxylation is 1. The van der Waals surface area contributed by atoms with Crippen LogP contribution in [0.3, 0.4) is 0 Å². The van der Waals surface area contributed by atoms with Gasteiger partial charge in [0, 0.05) is 13.0 Å². The highest BCUT2D eigenvalue weighted by Crippen LogP contribution is 2.11. The minimum Gasteiger partial charge on any atom is -0.450 e. The van der Waals surface area contributed by atoms with Crippen LogP contribution in [0.4, 0.5) is 4.79 Å². The maximum Gasteiger partial charge on any atom is 0.407 e. The second kappa shape index (κ2) is 9.14. The van der Waals surface area contributed by atoms with Crippen LogP contribution in [0, 0.1) is 0 Å². The number of rotatable bonds is 8. The number of benzene rings is 1. The fraction of sp³-hybridized carbons (Fsp3) is 0.467. The van der Waals surface area contributed by atoms with Gasteiger partial charge in [0.2, 0.25) is 5.91 Å². The van der Waals surface area contributed by atoms with Gasteiger partial charge >= 0.3 is 6.09 Å². The Morgan fingerprint density at radius 2 is 1.78 bits per heavy atom. The fourth-order valence-corrected chi connectivity index (χ4v) is 2.86. The zero-order chi connectivity index (χ0) is 17.3. The van der Waals surface area contributed by atoms with Gasteiger partial charge in [0.15, 0.2) is 0 Å². The fourth-order valence-electron chi connectivity index (χ4n) is 1.84. The van der Waals surface area contributed by atoms with E-state index in [-0.39, 0.29) is 24.5 Å². The van der Waals surface area contributed by atoms with Crippen molar-refractivity contribution < 1.29 is 22.7 Å². The van der Waals surface area contributed by atoms with Crippen LogP contribution in [0.2, 0.25) is 0 Å². The van der Waals surface area contributed by atoms with Gasteiger partial charge in [0.1, 0.15) is 0 Å². The van der Waals surface area contributed by atoms with Gasteiger partial charge in [-0.05, 0) is 31.0 Å². The molecule has 0 saturated carbocycles. The third kappa shape index (κ3) is 6.68. The monoisotopic (exact) mass is 342 g/mol. The number of sulfonamides is 1. The van der Waals surface area contributed by atoms with Crippen molar-refractivity contribution in [3.8, 4) is 0 Å². The molecule has 0 aliphatic rings. The molecule has 0 radical (unpaired) electrons. The minimum atomic E-state index is -3.90. The van der Waals surface area contributed by atoms with Gasteiger partial charge in [-0.3, -0.25) is 4.79 Å². The third-order valence-corrected chi connectivity index (χ3v) is 4.31. The molecule has 1 aromatic carbocycles. The lowest BCUT2D eigenvalue weighted by molar-refractivity contribution is -0.119. The molecule has 2 N–H and O–H groups in total. The van der Waals surface area contributed by atoms with Crippen molar-refractivity contribution in [2.75, 3.05) is 13.2 Å². The van der Waals surface area contributed by atoms with Gasteiger partial charge in [-0.25, -0.2) is 17.9 Å². The summed E-state index contributed by atoms with van der Waals surface area (Å²) in [5, 5.41) is 2.34. The number of nitrogens with one attached hydrogen (secondary N) is 2. The molecule has 0 unspecified atom stereocenters. The lowest BCUT2D eigenvalue weighted by Gasteiger charge is -2.08. The number of hydrogen-bond donors (Lipinski definition) is 2. The average Bonchev–Trinajstić information content (AvgIpc) is 2.48. The minimum absolute atomic E-state index is 0.00434. The zero-order valence-corrected chi connectivity index (χ0v) is 14.1. The smallest absolute Gasteiger partial charge is 0.407 e. The van der Waals surface area contributed by atoms with E-state index in [1.54, 1.807) is 19.1 Å². The molecule has 128 valence electrons. The van der Waals surface area contributed by atoms with E-state index in [1.165, 1.54) is 12.1 Å². The molecule has 2 amide bonds. The van der Waals surface area contributed by atoms with E-state index in [9.17, 15) is 18.0 Å². The molecule has 0 saturated heterocycles. The Bertz CT molecular complexity index is 626. The Hall–Kier alpha value is -2.09. The molecule has 0 bridgehead atoms. The lowest BCUT2D eigenvalue weighted by atomic mass is 10.1. The lowest BCUT2D eigenvalue weighted by Crippen LogP contribution is -2.34. The number of carbonyl (C=O) groups is 2. The third-order valence-electron chi connectivity index (χ3n) is 2.92. The zero-order valence-electron chi connectivity index (χ0n) is 13.3. The van der Waals surface area contributed by atoms with Crippen molar-refractivity contribution in [2.45, 2.75) is 38.0 Å². The summed E-state index contributed by atoms with van der Waals surface area (Å²) in [6, 6.07) is 6.39. The van der Waals surface area contributed by atoms with Crippen LogP contribution in [-0.2, 0) is 26.0 Å². The summed E-state index contributed by atoms with van der Waals surface area (Å²) in [6.07, 6.45) is 1.03. The molecule has 1 aromatic rings. The van der Waals surface area contributed by atoms with Crippen LogP contribution < -0.4 is 10.0 Å². The number of amides is 2. The van der Waals surface area contributed by atoms with Gasteiger partial charge in [0.05, 0.1) is 11.5 Å². The summed E-state index contributed by atoms with van der Waals surface area (Å²) in [6.45, 7) is 3.91. The number of carbonyl (C=O) groups excluding carboxylic acids is 2. The Balaban J connectivity index is 2.53. The number of hydrogen-bond acceptors (Lipinski definition) is 5. The van der Waals surface area contributed by atoms with Crippen LogP contribution in [0.25, 0.3) is 0 Å². The summed E-state index contributed by atoms with van der Waals surface area (Å²) in [4.78, 5) is 22.7. The molecule has 0 aliphatic heterocycles. The quantitative estimate of drug-likeness (QED) is 0.747. The molecule has 8 heteroatoms. The summed E-state index contributed by atoms with van der Waals surface area (Å²) >= 11 is 0. The largest absolute Gasteiger partial charge is 0.450 e. The summed E-state index contributed by atoms with van der Waals surface area (Å²) in [7, 11) is -3.90. The molecule has 0 spiro atoms. The highest BCUT2D eigenvalue weighted by atomic mass is 32.2. The van der Waals surface area contributed by atoms with Gasteiger partial charge in [0.25, 0.3) is 10.0 Å². The van der Waals surface area contributed by atoms with E-state index in [2.05, 4.69) is 10.1 Å². The highest BCUT2D eigenvalue weighted by Gasteiger charge is 2.17. The van der Waals surface area contributed by atoms with E-state index >= 15 is 0 Å². The first kappa shape index (κ1) is 19.0. The van der Waals surface area contributed by atoms with Gasteiger partial charge in [-0.1, -0.05) is 25.5 Å². The molecule has 0 aliphatic carbocycles. The molecule has 1 rings (SSSR count). The Morgan fingerprint density at radius 1 is 1.13 bits per heavy atom. The van der Waals surface area contributed by atoms with Gasteiger partial charge in [-0.15, -0.1) is 0 Å². The SMILES string of the molecule is CCCc1ccc(S(=O)(=O)NC(=O)CCNC(=O)OCC)cc1. The molecule has 0 atom stereocenters. The molecule has 0 fully saturated rings. The average molecular weight is 342 g/mol. The van der Waals surface area contributed by atoms with Crippen LogP contribution in [0.15, 0.2) is 29.2 Å². The topological polar surface area (TPSA) is 102 Å². The molecular weight excluding hydrogens is 320 g/mol. The number of ether oxygens (including phenoxy) is 1. The van der Waals surface area contributed by atoms with Crippen molar-refractivity contribution in [3.63, 3.8) is 0 Å². The maximum atomic E-state index is 12.1. The number of alkyl carbamates (subject to hydrolysis) is 1. The van der Waals surface area contributed by atoms with Gasteiger partial charge in [-0.2, -0.15) is 0 Å². The first-order chi connectivity index (χ1) is 10.9. The van der Waals surface area contributed by atoms with Crippen LogP contribution >= 0.6 is 0 Å². The molecule has 0 heterocycles. The standard InChI is InChI=1S/C15H22N2O5S/c1-3-5-12-6-8-13(9-7-12)23(20,21)17-14(18)10-11-16-15(19)22-4-2/h6-9H,3-5,10-11H2,1-2H3,(H,16,19)(H,17,18). The van der Waals surface area contributed by atoms with Crippen molar-refractivity contribution >= 4 is 22.0 Å². The highest BCUT2D eigenvalue weighted by molar-refractivity contribution is 7.90. The van der Waals surface area contributed by atoms with Crippen LogP contribution in [0.1, 0.15) is 32.3 Å². The van der Waals surface area contributed by atoms with E-state index in [0.717, 1.165) is 18.4 Å². The van der Waals surface area contributed by atoms with Crippen molar-refractivity contribution in [3.05, 3.63) is 29.8 Å². The molecule has 23 heavy (non-hydrogen) atoms. The van der Waals surface area contributed by atoms with E-state index in [0.29, 0.717) is 0 Å². The predicted octanol–water partition coefficient (Wildman–Crippen LogP) is 1.58. The van der Waals surface area contributed by atoms with Crippen LogP contribution in [-0.4, -0.2) is 33.6 Å². The summed E-state index contributed by atoms with van der Waals surface area (Å²) < 4.78 is 30.7. The van der Waals surface area contributed by atoms with Crippen molar-refractivity contribution in [1.82, 2.24) is 10.0 Å².